The molecular formula is C17H17N5OS. The Hall–Kier alpha value is -2.67. The van der Waals surface area contributed by atoms with E-state index in [2.05, 4.69) is 39.3 Å². The number of benzene rings is 1. The summed E-state index contributed by atoms with van der Waals surface area (Å²) in [6.45, 7) is 4.21. The van der Waals surface area contributed by atoms with Crippen molar-refractivity contribution in [1.29, 1.82) is 0 Å². The number of imidazole rings is 1. The van der Waals surface area contributed by atoms with Crippen molar-refractivity contribution in [2.24, 2.45) is 5.10 Å². The first-order valence-electron chi connectivity index (χ1n) is 7.52. The van der Waals surface area contributed by atoms with E-state index in [-0.39, 0.29) is 5.91 Å². The zero-order valence-corrected chi connectivity index (χ0v) is 14.2. The van der Waals surface area contributed by atoms with Gasteiger partial charge < -0.3 is 4.98 Å². The van der Waals surface area contributed by atoms with Crippen molar-refractivity contribution in [3.63, 3.8) is 0 Å². The number of hydrogen-bond donors (Lipinski definition) is 2. The molecule has 2 N–H and O–H groups in total. The minimum Gasteiger partial charge on any atom is -0.333 e. The zero-order chi connectivity index (χ0) is 16.9. The Kier molecular flexibility index (Phi) is 4.90. The highest BCUT2D eigenvalue weighted by atomic mass is 32.2. The minimum absolute atomic E-state index is 0.281. The second kappa shape index (κ2) is 7.27. The van der Waals surface area contributed by atoms with E-state index in [1.807, 2.05) is 18.2 Å². The first-order chi connectivity index (χ1) is 11.6. The molecule has 0 spiro atoms. The largest absolute Gasteiger partial charge is 0.333 e. The number of nitrogens with one attached hydrogen (secondary N) is 2. The van der Waals surface area contributed by atoms with Crippen LogP contribution in [0.1, 0.15) is 29.9 Å². The molecule has 2 heterocycles. The molecule has 2 aromatic heterocycles. The number of fused-ring (bicyclic) bond motifs is 1. The maximum Gasteiger partial charge on any atom is 0.271 e. The fraction of sp³-hybridized carbons (Fsp3) is 0.176. The van der Waals surface area contributed by atoms with Gasteiger partial charge in [-0.2, -0.15) is 5.10 Å². The number of hydrogen-bond acceptors (Lipinski definition) is 5. The summed E-state index contributed by atoms with van der Waals surface area (Å²) >= 11 is 1.65. The standard InChI is InChI=1S/C17H17N5OS/c1-11(2)24-17-20-14-7-6-12(9-15(14)21-17)16(23)22-19-10-13-5-3-4-8-18-13/h3-11H,1-2H3,(H,20,21)(H,22,23)/b19-10-. The molecule has 0 aliphatic heterocycles. The number of carbonyl (C=O) groups excluding carboxylic acids is 1. The maximum absolute atomic E-state index is 12.2. The van der Waals surface area contributed by atoms with E-state index in [1.165, 1.54) is 6.21 Å². The first kappa shape index (κ1) is 16.2. The normalized spacial score (nSPS) is 11.5. The highest BCUT2D eigenvalue weighted by Gasteiger charge is 2.09. The van der Waals surface area contributed by atoms with Crippen molar-refractivity contribution in [2.75, 3.05) is 0 Å². The molecular weight excluding hydrogens is 322 g/mol. The van der Waals surface area contributed by atoms with Crippen molar-refractivity contribution in [3.8, 4) is 0 Å². The number of thioether (sulfide) groups is 1. The Morgan fingerprint density at radius 2 is 2.21 bits per heavy atom. The van der Waals surface area contributed by atoms with E-state index in [1.54, 1.807) is 36.2 Å². The maximum atomic E-state index is 12.2. The van der Waals surface area contributed by atoms with Crippen LogP contribution in [0.25, 0.3) is 11.0 Å². The number of amides is 1. The topological polar surface area (TPSA) is 83.0 Å². The molecule has 0 saturated carbocycles. The van der Waals surface area contributed by atoms with Crippen LogP contribution in [0.5, 0.6) is 0 Å². The fourth-order valence-corrected chi connectivity index (χ4v) is 2.85. The third-order valence-electron chi connectivity index (χ3n) is 3.12. The number of hydrazone groups is 1. The van der Waals surface area contributed by atoms with Gasteiger partial charge in [0.2, 0.25) is 0 Å². The molecule has 0 saturated heterocycles. The van der Waals surface area contributed by atoms with Crippen molar-refractivity contribution in [3.05, 3.63) is 53.9 Å². The van der Waals surface area contributed by atoms with E-state index >= 15 is 0 Å². The van der Waals surface area contributed by atoms with Crippen molar-refractivity contribution in [2.45, 2.75) is 24.3 Å². The second-order valence-electron chi connectivity index (χ2n) is 5.39. The summed E-state index contributed by atoms with van der Waals surface area (Å²) in [7, 11) is 0. The van der Waals surface area contributed by atoms with Crippen molar-refractivity contribution in [1.82, 2.24) is 20.4 Å². The molecule has 3 aromatic rings. The van der Waals surface area contributed by atoms with Crippen LogP contribution in [0.4, 0.5) is 0 Å². The number of aromatic nitrogens is 3. The third-order valence-corrected chi connectivity index (χ3v) is 4.01. The molecule has 1 aromatic carbocycles. The highest BCUT2D eigenvalue weighted by Crippen LogP contribution is 2.23. The number of pyridine rings is 1. The Labute approximate surface area is 143 Å². The third kappa shape index (κ3) is 3.99. The van der Waals surface area contributed by atoms with Crippen molar-refractivity contribution < 1.29 is 4.79 Å². The van der Waals surface area contributed by atoms with Gasteiger partial charge in [0.15, 0.2) is 5.16 Å². The molecule has 122 valence electrons. The fourth-order valence-electron chi connectivity index (χ4n) is 2.08. The molecule has 0 aliphatic rings. The van der Waals surface area contributed by atoms with Crippen LogP contribution in [0, 0.1) is 0 Å². The van der Waals surface area contributed by atoms with E-state index in [0.717, 1.165) is 16.2 Å². The van der Waals surface area contributed by atoms with Gasteiger partial charge in [0.1, 0.15) is 0 Å². The number of carbonyl (C=O) groups is 1. The van der Waals surface area contributed by atoms with Crippen LogP contribution in [0.15, 0.2) is 52.9 Å². The van der Waals surface area contributed by atoms with Crippen LogP contribution in [-0.4, -0.2) is 32.3 Å². The lowest BCUT2D eigenvalue weighted by molar-refractivity contribution is 0.0955. The summed E-state index contributed by atoms with van der Waals surface area (Å²) in [6.07, 6.45) is 3.17. The van der Waals surface area contributed by atoms with E-state index < -0.39 is 0 Å². The van der Waals surface area contributed by atoms with Crippen LogP contribution in [-0.2, 0) is 0 Å². The molecule has 7 heteroatoms. The number of H-pyrrole nitrogens is 1. The lowest BCUT2D eigenvalue weighted by Gasteiger charge is -1.99. The van der Waals surface area contributed by atoms with Crippen LogP contribution >= 0.6 is 11.8 Å². The molecule has 0 radical (unpaired) electrons. The van der Waals surface area contributed by atoms with Crippen LogP contribution in [0.3, 0.4) is 0 Å². The van der Waals surface area contributed by atoms with Gasteiger partial charge in [0.25, 0.3) is 5.91 Å². The lowest BCUT2D eigenvalue weighted by atomic mass is 10.2. The summed E-state index contributed by atoms with van der Waals surface area (Å²) in [5.74, 6) is -0.281. The van der Waals surface area contributed by atoms with Gasteiger partial charge in [0.05, 0.1) is 22.9 Å². The van der Waals surface area contributed by atoms with E-state index in [9.17, 15) is 4.79 Å². The predicted molar refractivity (Wildman–Crippen MR) is 96.4 cm³/mol. The average Bonchev–Trinajstić information content (AvgIpc) is 2.96. The second-order valence-corrected chi connectivity index (χ2v) is 6.96. The molecule has 0 fully saturated rings. The predicted octanol–water partition coefficient (Wildman–Crippen LogP) is 3.22. The molecule has 6 nitrogen and oxygen atoms in total. The average molecular weight is 339 g/mol. The van der Waals surface area contributed by atoms with Gasteiger partial charge in [-0.25, -0.2) is 10.4 Å². The molecule has 0 atom stereocenters. The zero-order valence-electron chi connectivity index (χ0n) is 13.4. The molecule has 0 unspecified atom stereocenters. The smallest absolute Gasteiger partial charge is 0.271 e. The van der Waals surface area contributed by atoms with Crippen molar-refractivity contribution >= 4 is 34.9 Å². The van der Waals surface area contributed by atoms with Crippen LogP contribution < -0.4 is 5.43 Å². The number of rotatable bonds is 5. The van der Waals surface area contributed by atoms with Gasteiger partial charge >= 0.3 is 0 Å². The van der Waals surface area contributed by atoms with Gasteiger partial charge in [0, 0.05) is 17.0 Å². The molecule has 0 bridgehead atoms. The molecule has 0 aliphatic carbocycles. The number of aromatic amines is 1. The monoisotopic (exact) mass is 339 g/mol. The number of nitrogens with zero attached hydrogens (tertiary/aromatic N) is 3. The summed E-state index contributed by atoms with van der Waals surface area (Å²) in [4.78, 5) is 24.0. The van der Waals surface area contributed by atoms with E-state index in [0.29, 0.717) is 16.5 Å². The SMILES string of the molecule is CC(C)Sc1nc2ccc(C(=O)N/N=C\c3ccccn3)cc2[nH]1. The van der Waals surface area contributed by atoms with Gasteiger partial charge in [-0.3, -0.25) is 9.78 Å². The summed E-state index contributed by atoms with van der Waals surface area (Å²) in [5, 5.41) is 5.22. The Bertz CT molecular complexity index is 873. The Morgan fingerprint density at radius 3 is 2.96 bits per heavy atom. The summed E-state index contributed by atoms with van der Waals surface area (Å²) < 4.78 is 0. The minimum atomic E-state index is -0.281. The lowest BCUT2D eigenvalue weighted by Crippen LogP contribution is -2.17. The summed E-state index contributed by atoms with van der Waals surface area (Å²) in [5.41, 5.74) is 5.37. The molecule has 24 heavy (non-hydrogen) atoms. The van der Waals surface area contributed by atoms with Crippen LogP contribution in [0.2, 0.25) is 0 Å². The highest BCUT2D eigenvalue weighted by molar-refractivity contribution is 7.99. The molecule has 3 rings (SSSR count). The Balaban J connectivity index is 1.71. The van der Waals surface area contributed by atoms with Gasteiger partial charge in [-0.15, -0.1) is 0 Å². The van der Waals surface area contributed by atoms with E-state index in [4.69, 9.17) is 0 Å². The first-order valence-corrected chi connectivity index (χ1v) is 8.40. The van der Waals surface area contributed by atoms with Gasteiger partial charge in [-0.05, 0) is 30.3 Å². The summed E-state index contributed by atoms with van der Waals surface area (Å²) in [6, 6.07) is 10.8. The quantitative estimate of drug-likeness (QED) is 0.425. The van der Waals surface area contributed by atoms with Gasteiger partial charge in [-0.1, -0.05) is 31.7 Å². The Morgan fingerprint density at radius 1 is 1.33 bits per heavy atom. The molecule has 1 amide bonds.